The summed E-state index contributed by atoms with van der Waals surface area (Å²) in [6.45, 7) is 2.28. The third kappa shape index (κ3) is 2.70. The highest BCUT2D eigenvalue weighted by Crippen LogP contribution is 2.31. The summed E-state index contributed by atoms with van der Waals surface area (Å²) in [5.41, 5.74) is 2.84. The van der Waals surface area contributed by atoms with E-state index in [1.807, 2.05) is 19.1 Å². The molecule has 2 aromatic rings. The van der Waals surface area contributed by atoms with Gasteiger partial charge in [-0.05, 0) is 36.8 Å². The maximum Gasteiger partial charge on any atom is 0.326 e. The normalized spacial score (nSPS) is 13.7. The molecule has 4 nitrogen and oxygen atoms in total. The Morgan fingerprint density at radius 3 is 2.77 bits per heavy atom. The van der Waals surface area contributed by atoms with E-state index in [4.69, 9.17) is 11.6 Å². The molecule has 0 unspecified atom stereocenters. The van der Waals surface area contributed by atoms with Crippen LogP contribution in [0.15, 0.2) is 42.5 Å². The molecule has 5 heteroatoms. The lowest BCUT2D eigenvalue weighted by molar-refractivity contribution is 0.0981. The Morgan fingerprint density at radius 1 is 1.23 bits per heavy atom. The van der Waals surface area contributed by atoms with E-state index >= 15 is 0 Å². The fourth-order valence-corrected chi connectivity index (χ4v) is 2.85. The highest BCUT2D eigenvalue weighted by Gasteiger charge is 2.28. The minimum absolute atomic E-state index is 0.0745. The number of anilines is 2. The van der Waals surface area contributed by atoms with E-state index in [-0.39, 0.29) is 11.8 Å². The van der Waals surface area contributed by atoms with E-state index in [1.165, 1.54) is 0 Å². The Hall–Kier alpha value is -2.33. The first-order chi connectivity index (χ1) is 10.6. The maximum atomic E-state index is 12.6. The fraction of sp³-hybridized carbons (Fsp3) is 0.176. The van der Waals surface area contributed by atoms with Gasteiger partial charge in [0.05, 0.1) is 5.69 Å². The van der Waals surface area contributed by atoms with Gasteiger partial charge in [0.1, 0.15) is 0 Å². The van der Waals surface area contributed by atoms with Crippen LogP contribution in [-0.4, -0.2) is 18.4 Å². The number of fused-ring (bicyclic) bond motifs is 1. The fourth-order valence-electron chi connectivity index (χ4n) is 2.66. The number of aryl methyl sites for hydroxylation is 1. The number of para-hydroxylation sites is 1. The average Bonchev–Trinajstić information content (AvgIpc) is 2.48. The summed E-state index contributed by atoms with van der Waals surface area (Å²) in [7, 11) is 0. The molecule has 22 heavy (non-hydrogen) atoms. The van der Waals surface area contributed by atoms with Gasteiger partial charge in [-0.3, -0.25) is 9.69 Å². The molecule has 1 aliphatic rings. The first-order valence-electron chi connectivity index (χ1n) is 7.03. The number of halogens is 1. The Morgan fingerprint density at radius 2 is 2.00 bits per heavy atom. The molecular weight excluding hydrogens is 300 g/mol. The highest BCUT2D eigenvalue weighted by atomic mass is 35.5. The van der Waals surface area contributed by atoms with Crippen molar-refractivity contribution in [3.05, 3.63) is 58.6 Å². The number of Topliss-reactive ketones (excluding diaryl/α,β-unsaturated/α-hetero) is 1. The Bertz CT molecular complexity index is 758. The van der Waals surface area contributed by atoms with Crippen molar-refractivity contribution in [2.75, 3.05) is 16.8 Å². The van der Waals surface area contributed by atoms with Crippen molar-refractivity contribution < 1.29 is 9.59 Å². The van der Waals surface area contributed by atoms with Crippen LogP contribution >= 0.6 is 11.6 Å². The van der Waals surface area contributed by atoms with Crippen LogP contribution in [0.2, 0.25) is 5.02 Å². The molecule has 0 atom stereocenters. The zero-order valence-corrected chi connectivity index (χ0v) is 12.9. The van der Waals surface area contributed by atoms with Gasteiger partial charge in [-0.1, -0.05) is 29.8 Å². The molecular formula is C17H15ClN2O2. The van der Waals surface area contributed by atoms with Crippen LogP contribution in [0.5, 0.6) is 0 Å². The minimum Gasteiger partial charge on any atom is -0.307 e. The summed E-state index contributed by atoms with van der Waals surface area (Å²) in [5.74, 6) is 0.0745. The third-order valence-corrected chi connectivity index (χ3v) is 3.93. The summed E-state index contributed by atoms with van der Waals surface area (Å²) in [6, 6.07) is 12.2. The molecule has 0 aromatic heterocycles. The molecule has 1 heterocycles. The summed E-state index contributed by atoms with van der Waals surface area (Å²) in [6.07, 6.45) is 0.333. The van der Waals surface area contributed by atoms with E-state index < -0.39 is 0 Å². The topological polar surface area (TPSA) is 49.4 Å². The van der Waals surface area contributed by atoms with Crippen molar-refractivity contribution in [1.29, 1.82) is 0 Å². The molecule has 0 bridgehead atoms. The van der Waals surface area contributed by atoms with E-state index in [1.54, 1.807) is 35.2 Å². The number of benzene rings is 2. The van der Waals surface area contributed by atoms with Gasteiger partial charge in [-0.15, -0.1) is 0 Å². The monoisotopic (exact) mass is 314 g/mol. The SMILES string of the molecule is Cc1cccc2c1N(C(=O)Nc1cccc(Cl)c1)CCC2=O. The van der Waals surface area contributed by atoms with Crippen molar-refractivity contribution in [2.24, 2.45) is 0 Å². The molecule has 0 saturated heterocycles. The number of nitrogens with one attached hydrogen (secondary N) is 1. The molecule has 0 fully saturated rings. The summed E-state index contributed by atoms with van der Waals surface area (Å²) < 4.78 is 0. The number of carbonyl (C=O) groups excluding carboxylic acids is 2. The summed E-state index contributed by atoms with van der Waals surface area (Å²) in [5, 5.41) is 3.39. The zero-order chi connectivity index (χ0) is 15.7. The Labute approximate surface area is 133 Å². The van der Waals surface area contributed by atoms with Crippen LogP contribution in [0, 0.1) is 6.92 Å². The lowest BCUT2D eigenvalue weighted by Crippen LogP contribution is -2.40. The number of nitrogens with zero attached hydrogens (tertiary/aromatic N) is 1. The smallest absolute Gasteiger partial charge is 0.307 e. The van der Waals surface area contributed by atoms with Crippen molar-refractivity contribution in [2.45, 2.75) is 13.3 Å². The van der Waals surface area contributed by atoms with Crippen LogP contribution in [0.25, 0.3) is 0 Å². The van der Waals surface area contributed by atoms with Gasteiger partial charge in [-0.25, -0.2) is 4.79 Å². The lowest BCUT2D eigenvalue weighted by atomic mass is 9.97. The van der Waals surface area contributed by atoms with E-state index in [9.17, 15) is 9.59 Å². The minimum atomic E-state index is -0.259. The van der Waals surface area contributed by atoms with Crippen LogP contribution in [0.3, 0.4) is 0 Å². The van der Waals surface area contributed by atoms with Crippen molar-refractivity contribution in [3.63, 3.8) is 0 Å². The second kappa shape index (κ2) is 5.81. The number of rotatable bonds is 1. The predicted octanol–water partition coefficient (Wildman–Crippen LogP) is 4.27. The highest BCUT2D eigenvalue weighted by molar-refractivity contribution is 6.31. The molecule has 0 saturated carbocycles. The molecule has 2 amide bonds. The Balaban J connectivity index is 1.91. The molecule has 0 radical (unpaired) electrons. The summed E-state index contributed by atoms with van der Waals surface area (Å²) >= 11 is 5.93. The molecule has 0 aliphatic carbocycles. The van der Waals surface area contributed by atoms with Crippen LogP contribution in [0.1, 0.15) is 22.3 Å². The van der Waals surface area contributed by atoms with Gasteiger partial charge in [0.2, 0.25) is 0 Å². The van der Waals surface area contributed by atoms with E-state index in [2.05, 4.69) is 5.32 Å². The lowest BCUT2D eigenvalue weighted by Gasteiger charge is -2.30. The van der Waals surface area contributed by atoms with E-state index in [0.29, 0.717) is 34.9 Å². The molecule has 0 spiro atoms. The number of ketones is 1. The summed E-state index contributed by atoms with van der Waals surface area (Å²) in [4.78, 5) is 26.2. The second-order valence-corrected chi connectivity index (χ2v) is 5.67. The van der Waals surface area contributed by atoms with Crippen LogP contribution < -0.4 is 10.2 Å². The van der Waals surface area contributed by atoms with Gasteiger partial charge >= 0.3 is 6.03 Å². The molecule has 1 N–H and O–H groups in total. The number of urea groups is 1. The number of hydrogen-bond acceptors (Lipinski definition) is 2. The van der Waals surface area contributed by atoms with Gasteiger partial charge < -0.3 is 5.32 Å². The van der Waals surface area contributed by atoms with Crippen LogP contribution in [-0.2, 0) is 0 Å². The van der Waals surface area contributed by atoms with Gasteiger partial charge in [0, 0.05) is 29.2 Å². The van der Waals surface area contributed by atoms with Gasteiger partial charge in [0.25, 0.3) is 0 Å². The van der Waals surface area contributed by atoms with Crippen molar-refractivity contribution >= 4 is 34.8 Å². The van der Waals surface area contributed by atoms with Crippen molar-refractivity contribution in [3.8, 4) is 0 Å². The number of carbonyl (C=O) groups is 2. The van der Waals surface area contributed by atoms with E-state index in [0.717, 1.165) is 5.56 Å². The van der Waals surface area contributed by atoms with Crippen molar-refractivity contribution in [1.82, 2.24) is 0 Å². The first kappa shape index (κ1) is 14.6. The number of hydrogen-bond donors (Lipinski definition) is 1. The van der Waals surface area contributed by atoms with Gasteiger partial charge in [-0.2, -0.15) is 0 Å². The van der Waals surface area contributed by atoms with Crippen LogP contribution in [0.4, 0.5) is 16.2 Å². The maximum absolute atomic E-state index is 12.6. The Kier molecular flexibility index (Phi) is 3.86. The quantitative estimate of drug-likeness (QED) is 0.854. The average molecular weight is 315 g/mol. The number of amides is 2. The predicted molar refractivity (Wildman–Crippen MR) is 87.9 cm³/mol. The molecule has 1 aliphatic heterocycles. The molecule has 3 rings (SSSR count). The third-order valence-electron chi connectivity index (χ3n) is 3.69. The zero-order valence-electron chi connectivity index (χ0n) is 12.1. The van der Waals surface area contributed by atoms with Gasteiger partial charge in [0.15, 0.2) is 5.78 Å². The molecule has 2 aromatic carbocycles. The first-order valence-corrected chi connectivity index (χ1v) is 7.41. The standard InChI is InChI=1S/C17H15ClN2O2/c1-11-4-2-7-14-15(21)8-9-20(16(11)14)17(22)19-13-6-3-5-12(18)10-13/h2-7,10H,8-9H2,1H3,(H,19,22). The largest absolute Gasteiger partial charge is 0.326 e. The molecule has 112 valence electrons. The second-order valence-electron chi connectivity index (χ2n) is 5.24.